The van der Waals surface area contributed by atoms with Gasteiger partial charge in [-0.25, -0.2) is 8.42 Å². The van der Waals surface area contributed by atoms with Gasteiger partial charge >= 0.3 is 0 Å². The van der Waals surface area contributed by atoms with E-state index >= 15 is 0 Å². The highest BCUT2D eigenvalue weighted by atomic mass is 32.2. The van der Waals surface area contributed by atoms with Crippen molar-refractivity contribution in [2.24, 2.45) is 11.7 Å². The van der Waals surface area contributed by atoms with E-state index in [2.05, 4.69) is 0 Å². The van der Waals surface area contributed by atoms with E-state index in [1.54, 1.807) is 19.1 Å². The topological polar surface area (TPSA) is 83.6 Å². The Labute approximate surface area is 120 Å². The minimum Gasteiger partial charge on any atom is -0.395 e. The van der Waals surface area contributed by atoms with Crippen LogP contribution in [-0.4, -0.2) is 37.0 Å². The lowest BCUT2D eigenvalue weighted by atomic mass is 10.0. The molecule has 6 heteroatoms. The Morgan fingerprint density at radius 1 is 1.45 bits per heavy atom. The lowest BCUT2D eigenvalue weighted by molar-refractivity contribution is 0.191. The van der Waals surface area contributed by atoms with Crippen LogP contribution in [0.15, 0.2) is 23.1 Å². The quantitative estimate of drug-likeness (QED) is 0.863. The maximum absolute atomic E-state index is 12.8. The molecule has 1 aromatic rings. The van der Waals surface area contributed by atoms with Gasteiger partial charge < -0.3 is 10.8 Å². The van der Waals surface area contributed by atoms with E-state index in [1.165, 1.54) is 4.31 Å². The van der Waals surface area contributed by atoms with Crippen LogP contribution in [0.3, 0.4) is 0 Å². The lowest BCUT2D eigenvalue weighted by Gasteiger charge is -2.25. The highest BCUT2D eigenvalue weighted by molar-refractivity contribution is 7.89. The molecule has 1 fully saturated rings. The molecule has 0 bridgehead atoms. The molecule has 0 saturated carbocycles. The van der Waals surface area contributed by atoms with Crippen LogP contribution in [0, 0.1) is 12.8 Å². The Morgan fingerprint density at radius 2 is 2.15 bits per heavy atom. The largest absolute Gasteiger partial charge is 0.395 e. The average molecular weight is 298 g/mol. The van der Waals surface area contributed by atoms with Gasteiger partial charge in [0.15, 0.2) is 0 Å². The van der Waals surface area contributed by atoms with Crippen LogP contribution >= 0.6 is 0 Å². The van der Waals surface area contributed by atoms with Gasteiger partial charge in [0.25, 0.3) is 0 Å². The fourth-order valence-corrected chi connectivity index (χ4v) is 4.72. The molecule has 1 aliphatic rings. The van der Waals surface area contributed by atoms with Gasteiger partial charge in [-0.3, -0.25) is 0 Å². The zero-order chi connectivity index (χ0) is 14.9. The zero-order valence-corrected chi connectivity index (χ0v) is 12.7. The number of aryl methyl sites for hydroxylation is 1. The summed E-state index contributed by atoms with van der Waals surface area (Å²) >= 11 is 0. The fraction of sp³-hybridized carbons (Fsp3) is 0.571. The number of hydrogen-bond donors (Lipinski definition) is 2. The normalized spacial score (nSPS) is 24.2. The number of nitrogens with zero attached hydrogens (tertiary/aromatic N) is 1. The Bertz CT molecular complexity index is 586. The highest BCUT2D eigenvalue weighted by Gasteiger charge is 2.39. The zero-order valence-electron chi connectivity index (χ0n) is 11.9. The van der Waals surface area contributed by atoms with Crippen molar-refractivity contribution in [3.8, 4) is 0 Å². The molecule has 2 rings (SSSR count). The van der Waals surface area contributed by atoms with Crippen LogP contribution in [0.5, 0.6) is 0 Å². The molecule has 20 heavy (non-hydrogen) atoms. The summed E-state index contributed by atoms with van der Waals surface area (Å²) in [5, 5.41) is 9.46. The third-order valence-corrected chi connectivity index (χ3v) is 6.16. The van der Waals surface area contributed by atoms with Gasteiger partial charge in [0.1, 0.15) is 0 Å². The van der Waals surface area contributed by atoms with Crippen LogP contribution in [-0.2, 0) is 16.6 Å². The van der Waals surface area contributed by atoms with Crippen molar-refractivity contribution in [3.05, 3.63) is 29.3 Å². The number of benzene rings is 1. The number of sulfonamides is 1. The molecule has 2 atom stereocenters. The first kappa shape index (κ1) is 15.4. The van der Waals surface area contributed by atoms with Gasteiger partial charge in [-0.2, -0.15) is 4.31 Å². The fourth-order valence-electron chi connectivity index (χ4n) is 2.72. The molecular weight excluding hydrogens is 276 g/mol. The molecular formula is C14H22N2O3S. The third-order valence-electron chi connectivity index (χ3n) is 4.09. The molecule has 2 unspecified atom stereocenters. The maximum Gasteiger partial charge on any atom is 0.243 e. The van der Waals surface area contributed by atoms with Crippen molar-refractivity contribution in [2.75, 3.05) is 13.2 Å². The average Bonchev–Trinajstić information content (AvgIpc) is 2.80. The van der Waals surface area contributed by atoms with Crippen molar-refractivity contribution >= 4 is 10.0 Å². The summed E-state index contributed by atoms with van der Waals surface area (Å²) in [6, 6.07) is 4.93. The minimum absolute atomic E-state index is 0.143. The second-order valence-electron chi connectivity index (χ2n) is 5.44. The predicted octanol–water partition coefficient (Wildman–Crippen LogP) is 0.845. The first-order chi connectivity index (χ1) is 9.41. The molecule has 1 aliphatic heterocycles. The van der Waals surface area contributed by atoms with Crippen molar-refractivity contribution in [1.82, 2.24) is 4.31 Å². The maximum atomic E-state index is 12.8. The molecule has 0 spiro atoms. The second kappa shape index (κ2) is 5.81. The van der Waals surface area contributed by atoms with Crippen molar-refractivity contribution in [1.29, 1.82) is 0 Å². The number of hydrogen-bond acceptors (Lipinski definition) is 4. The molecule has 0 aromatic heterocycles. The molecule has 1 saturated heterocycles. The SMILES string of the molecule is Cc1ccc(CN)cc1S(=O)(=O)N1CCC(C)C1CO. The van der Waals surface area contributed by atoms with Crippen LogP contribution in [0.4, 0.5) is 0 Å². The molecule has 0 amide bonds. The summed E-state index contributed by atoms with van der Waals surface area (Å²) in [6.07, 6.45) is 0.778. The molecule has 3 N–H and O–H groups in total. The smallest absolute Gasteiger partial charge is 0.243 e. The molecule has 1 heterocycles. The number of nitrogens with two attached hydrogens (primary N) is 1. The van der Waals surface area contributed by atoms with Gasteiger partial charge in [0.05, 0.1) is 17.5 Å². The number of aliphatic hydroxyl groups is 1. The molecule has 5 nitrogen and oxygen atoms in total. The monoisotopic (exact) mass is 298 g/mol. The van der Waals surface area contributed by atoms with Gasteiger partial charge in [-0.05, 0) is 36.5 Å². The van der Waals surface area contributed by atoms with Gasteiger partial charge in [0.2, 0.25) is 10.0 Å². The lowest BCUT2D eigenvalue weighted by Crippen LogP contribution is -2.40. The molecule has 112 valence electrons. The minimum atomic E-state index is -3.58. The van der Waals surface area contributed by atoms with E-state index in [4.69, 9.17) is 5.73 Å². The summed E-state index contributed by atoms with van der Waals surface area (Å²) in [5.41, 5.74) is 7.09. The summed E-state index contributed by atoms with van der Waals surface area (Å²) in [6.45, 7) is 4.37. The molecule has 0 aliphatic carbocycles. The van der Waals surface area contributed by atoms with Crippen LogP contribution in [0.2, 0.25) is 0 Å². The Kier molecular flexibility index (Phi) is 4.49. The van der Waals surface area contributed by atoms with E-state index in [0.717, 1.165) is 12.0 Å². The Balaban J connectivity index is 2.45. The first-order valence-corrected chi connectivity index (χ1v) is 8.28. The number of rotatable bonds is 4. The molecule has 0 radical (unpaired) electrons. The summed E-state index contributed by atoms with van der Waals surface area (Å²) in [5.74, 6) is 0.174. The summed E-state index contributed by atoms with van der Waals surface area (Å²) in [7, 11) is -3.58. The van der Waals surface area contributed by atoms with Crippen LogP contribution in [0.25, 0.3) is 0 Å². The van der Waals surface area contributed by atoms with E-state index in [-0.39, 0.29) is 18.6 Å². The van der Waals surface area contributed by atoms with Crippen molar-refractivity contribution in [3.63, 3.8) is 0 Å². The third kappa shape index (κ3) is 2.61. The second-order valence-corrected chi connectivity index (χ2v) is 7.29. The van der Waals surface area contributed by atoms with E-state index < -0.39 is 10.0 Å². The molecule has 1 aromatic carbocycles. The number of aliphatic hydroxyl groups excluding tert-OH is 1. The van der Waals surface area contributed by atoms with E-state index in [1.807, 2.05) is 13.0 Å². The van der Waals surface area contributed by atoms with Crippen molar-refractivity contribution in [2.45, 2.75) is 37.8 Å². The first-order valence-electron chi connectivity index (χ1n) is 6.84. The highest BCUT2D eigenvalue weighted by Crippen LogP contribution is 2.31. The Hall–Kier alpha value is -0.950. The van der Waals surface area contributed by atoms with Crippen LogP contribution in [0.1, 0.15) is 24.5 Å². The summed E-state index contributed by atoms with van der Waals surface area (Å²) in [4.78, 5) is 0.299. The summed E-state index contributed by atoms with van der Waals surface area (Å²) < 4.78 is 27.1. The standard InChI is InChI=1S/C14H22N2O3S/c1-10-5-6-16(13(10)9-17)20(18,19)14-7-12(8-15)4-3-11(14)2/h3-4,7,10,13,17H,5-6,8-9,15H2,1-2H3. The van der Waals surface area contributed by atoms with Gasteiger partial charge in [-0.15, -0.1) is 0 Å². The van der Waals surface area contributed by atoms with E-state index in [0.29, 0.717) is 23.5 Å². The predicted molar refractivity (Wildman–Crippen MR) is 77.6 cm³/mol. The Morgan fingerprint density at radius 3 is 2.75 bits per heavy atom. The van der Waals surface area contributed by atoms with Crippen molar-refractivity contribution < 1.29 is 13.5 Å². The van der Waals surface area contributed by atoms with Crippen LogP contribution < -0.4 is 5.73 Å². The van der Waals surface area contributed by atoms with E-state index in [9.17, 15) is 13.5 Å². The van der Waals surface area contributed by atoms with Gasteiger partial charge in [0, 0.05) is 13.1 Å². The van der Waals surface area contributed by atoms with Gasteiger partial charge in [-0.1, -0.05) is 19.1 Å².